The van der Waals surface area contributed by atoms with E-state index < -0.39 is 0 Å². The van der Waals surface area contributed by atoms with Gasteiger partial charge in [0.05, 0.1) is 11.4 Å². The molecule has 0 radical (unpaired) electrons. The molecule has 142 valence electrons. The number of hydrogen-bond acceptors (Lipinski definition) is 7. The number of H-pyrrole nitrogens is 1. The molecule has 0 saturated heterocycles. The molecule has 0 bridgehead atoms. The minimum Gasteiger partial charge on any atom is -0.454 e. The Balaban J connectivity index is 1.38. The maximum Gasteiger partial charge on any atom is 0.260 e. The van der Waals surface area contributed by atoms with Crippen LogP contribution in [0.3, 0.4) is 0 Å². The summed E-state index contributed by atoms with van der Waals surface area (Å²) in [6.07, 6.45) is 0. The second-order valence-corrected chi connectivity index (χ2v) is 8.35. The fraction of sp³-hybridized carbons (Fsp3) is 0.200. The van der Waals surface area contributed by atoms with Crippen LogP contribution in [0.2, 0.25) is 0 Å². The zero-order valence-corrected chi connectivity index (χ0v) is 16.7. The summed E-state index contributed by atoms with van der Waals surface area (Å²) in [4.78, 5) is 22.2. The summed E-state index contributed by atoms with van der Waals surface area (Å²) in [6, 6.07) is 9.78. The first-order valence-corrected chi connectivity index (χ1v) is 10.6. The highest BCUT2D eigenvalue weighted by atomic mass is 32.1. The van der Waals surface area contributed by atoms with Crippen molar-refractivity contribution in [3.8, 4) is 21.9 Å². The lowest BCUT2D eigenvalue weighted by atomic mass is 10.2. The fourth-order valence-electron chi connectivity index (χ4n) is 3.20. The molecule has 1 atom stereocenters. The molecular weight excluding hydrogens is 394 g/mol. The number of aromatic nitrogens is 2. The Hall–Kier alpha value is -2.68. The molecule has 5 rings (SSSR count). The molecule has 6 nitrogen and oxygen atoms in total. The van der Waals surface area contributed by atoms with Gasteiger partial charge in [0.1, 0.15) is 10.7 Å². The number of aromatic amines is 1. The van der Waals surface area contributed by atoms with Gasteiger partial charge in [0.2, 0.25) is 6.79 Å². The van der Waals surface area contributed by atoms with Crippen LogP contribution in [0.15, 0.2) is 45.9 Å². The predicted molar refractivity (Wildman–Crippen MR) is 111 cm³/mol. The number of ether oxygens (including phenoxy) is 2. The molecule has 4 aromatic rings. The summed E-state index contributed by atoms with van der Waals surface area (Å²) < 4.78 is 10.8. The Labute approximate surface area is 168 Å². The lowest BCUT2D eigenvalue weighted by Crippen LogP contribution is -2.23. The van der Waals surface area contributed by atoms with Gasteiger partial charge in [-0.25, -0.2) is 4.98 Å². The van der Waals surface area contributed by atoms with Gasteiger partial charge in [0.15, 0.2) is 11.5 Å². The third kappa shape index (κ3) is 3.09. The van der Waals surface area contributed by atoms with E-state index in [4.69, 9.17) is 14.5 Å². The Morgan fingerprint density at radius 2 is 2.14 bits per heavy atom. The third-order valence-electron chi connectivity index (χ3n) is 4.71. The van der Waals surface area contributed by atoms with E-state index >= 15 is 0 Å². The molecule has 0 amide bonds. The Morgan fingerprint density at radius 1 is 1.25 bits per heavy atom. The van der Waals surface area contributed by atoms with E-state index in [1.165, 1.54) is 11.3 Å². The summed E-state index contributed by atoms with van der Waals surface area (Å²) in [6.45, 7) is 2.89. The maximum atomic E-state index is 12.7. The Morgan fingerprint density at radius 3 is 3.00 bits per heavy atom. The summed E-state index contributed by atoms with van der Waals surface area (Å²) in [7, 11) is 0. The largest absolute Gasteiger partial charge is 0.454 e. The smallest absolute Gasteiger partial charge is 0.260 e. The highest BCUT2D eigenvalue weighted by Crippen LogP contribution is 2.34. The summed E-state index contributed by atoms with van der Waals surface area (Å²) in [5, 5.41) is 8.09. The van der Waals surface area contributed by atoms with Crippen molar-refractivity contribution in [2.45, 2.75) is 19.5 Å². The van der Waals surface area contributed by atoms with Crippen LogP contribution in [0.1, 0.15) is 24.4 Å². The number of nitrogens with zero attached hydrogens (tertiary/aromatic N) is 1. The minimum absolute atomic E-state index is 0.0959. The SMILES string of the molecule is C[C@H](NCc1ccc2c(c1)OCO2)c1nc2scc(-c3cccs3)c2c(=O)[nH]1. The van der Waals surface area contributed by atoms with Crippen molar-refractivity contribution in [2.75, 3.05) is 6.79 Å². The molecule has 2 N–H and O–H groups in total. The van der Waals surface area contributed by atoms with E-state index in [1.54, 1.807) is 11.3 Å². The van der Waals surface area contributed by atoms with Crippen molar-refractivity contribution in [2.24, 2.45) is 0 Å². The van der Waals surface area contributed by atoms with Crippen LogP contribution < -0.4 is 20.3 Å². The number of thiophene rings is 2. The molecule has 1 aliphatic heterocycles. The molecule has 1 aromatic carbocycles. The fourth-order valence-corrected chi connectivity index (χ4v) is 4.97. The zero-order valence-electron chi connectivity index (χ0n) is 15.0. The summed E-state index contributed by atoms with van der Waals surface area (Å²) in [5.74, 6) is 2.17. The zero-order chi connectivity index (χ0) is 19.1. The average Bonchev–Trinajstić information content (AvgIpc) is 3.44. The van der Waals surface area contributed by atoms with Gasteiger partial charge in [0.25, 0.3) is 5.56 Å². The van der Waals surface area contributed by atoms with Crippen LogP contribution in [-0.2, 0) is 6.54 Å². The quantitative estimate of drug-likeness (QED) is 0.512. The van der Waals surface area contributed by atoms with Crippen LogP contribution in [0.25, 0.3) is 20.7 Å². The van der Waals surface area contributed by atoms with E-state index in [9.17, 15) is 4.79 Å². The van der Waals surface area contributed by atoms with E-state index in [-0.39, 0.29) is 18.4 Å². The Kier molecular flexibility index (Phi) is 4.38. The second-order valence-electron chi connectivity index (χ2n) is 6.55. The molecule has 28 heavy (non-hydrogen) atoms. The molecule has 0 spiro atoms. The van der Waals surface area contributed by atoms with E-state index in [0.29, 0.717) is 17.8 Å². The van der Waals surface area contributed by atoms with Crippen molar-refractivity contribution in [3.63, 3.8) is 0 Å². The molecule has 8 heteroatoms. The van der Waals surface area contributed by atoms with Gasteiger partial charge >= 0.3 is 0 Å². The molecule has 1 aliphatic rings. The summed E-state index contributed by atoms with van der Waals surface area (Å²) >= 11 is 3.13. The average molecular weight is 412 g/mol. The predicted octanol–water partition coefficient (Wildman–Crippen LogP) is 4.29. The van der Waals surface area contributed by atoms with Crippen molar-refractivity contribution in [1.82, 2.24) is 15.3 Å². The van der Waals surface area contributed by atoms with Crippen LogP contribution in [-0.4, -0.2) is 16.8 Å². The molecule has 0 saturated carbocycles. The number of hydrogen-bond donors (Lipinski definition) is 2. The number of benzene rings is 1. The van der Waals surface area contributed by atoms with Gasteiger partial charge in [-0.2, -0.15) is 0 Å². The highest BCUT2D eigenvalue weighted by molar-refractivity contribution is 7.18. The first-order valence-electron chi connectivity index (χ1n) is 8.86. The minimum atomic E-state index is -0.102. The Bertz CT molecular complexity index is 1200. The lowest BCUT2D eigenvalue weighted by molar-refractivity contribution is 0.174. The third-order valence-corrected chi connectivity index (χ3v) is 6.48. The van der Waals surface area contributed by atoms with Crippen LogP contribution >= 0.6 is 22.7 Å². The first kappa shape index (κ1) is 17.4. The molecule has 0 unspecified atom stereocenters. The van der Waals surface area contributed by atoms with E-state index in [1.807, 2.05) is 48.0 Å². The molecule has 3 aromatic heterocycles. The number of fused-ring (bicyclic) bond motifs is 2. The normalized spacial score (nSPS) is 13.9. The van der Waals surface area contributed by atoms with Gasteiger partial charge in [-0.15, -0.1) is 22.7 Å². The first-order chi connectivity index (χ1) is 13.7. The van der Waals surface area contributed by atoms with Gasteiger partial charge in [-0.05, 0) is 36.1 Å². The number of nitrogens with one attached hydrogen (secondary N) is 2. The molecular formula is C20H17N3O3S2. The lowest BCUT2D eigenvalue weighted by Gasteiger charge is -2.13. The van der Waals surface area contributed by atoms with E-state index in [0.717, 1.165) is 32.3 Å². The standard InChI is InChI=1S/C20H17N3O3S2/c1-11(21-8-12-4-5-14-15(7-12)26-10-25-14)18-22-19(24)17-13(9-28-20(17)23-18)16-3-2-6-27-16/h2-7,9,11,21H,8,10H2,1H3,(H,22,23,24)/t11-/m0/s1. The van der Waals surface area contributed by atoms with Crippen molar-refractivity contribution >= 4 is 32.9 Å². The van der Waals surface area contributed by atoms with Crippen molar-refractivity contribution in [1.29, 1.82) is 0 Å². The molecule has 0 aliphatic carbocycles. The van der Waals surface area contributed by atoms with Gasteiger partial charge in [-0.1, -0.05) is 12.1 Å². The van der Waals surface area contributed by atoms with Crippen LogP contribution in [0.4, 0.5) is 0 Å². The van der Waals surface area contributed by atoms with Gasteiger partial charge in [0, 0.05) is 22.4 Å². The monoisotopic (exact) mass is 411 g/mol. The topological polar surface area (TPSA) is 76.2 Å². The molecule has 0 fully saturated rings. The van der Waals surface area contributed by atoms with Crippen LogP contribution in [0, 0.1) is 0 Å². The second kappa shape index (κ2) is 7.05. The highest BCUT2D eigenvalue weighted by Gasteiger charge is 2.17. The summed E-state index contributed by atoms with van der Waals surface area (Å²) in [5.41, 5.74) is 1.94. The van der Waals surface area contributed by atoms with Gasteiger partial charge in [-0.3, -0.25) is 4.79 Å². The number of rotatable bonds is 5. The van der Waals surface area contributed by atoms with Crippen molar-refractivity contribution in [3.05, 3.63) is 62.8 Å². The van der Waals surface area contributed by atoms with E-state index in [2.05, 4.69) is 10.3 Å². The van der Waals surface area contributed by atoms with Crippen molar-refractivity contribution < 1.29 is 9.47 Å². The molecule has 4 heterocycles. The van der Waals surface area contributed by atoms with Gasteiger partial charge < -0.3 is 19.8 Å². The van der Waals surface area contributed by atoms with Crippen LogP contribution in [0.5, 0.6) is 11.5 Å². The maximum absolute atomic E-state index is 12.7.